The molecule has 0 fully saturated rings. The molecule has 0 N–H and O–H groups in total. The number of halogens is 1. The molecule has 2 heterocycles. The van der Waals surface area contributed by atoms with E-state index in [2.05, 4.69) is 20.9 Å². The molecule has 31 heavy (non-hydrogen) atoms. The highest BCUT2D eigenvalue weighted by molar-refractivity contribution is 9.10. The minimum atomic E-state index is -0.398. The quantitative estimate of drug-likeness (QED) is 0.358. The Morgan fingerprint density at radius 2 is 1.58 bits per heavy atom. The lowest BCUT2D eigenvalue weighted by molar-refractivity contribution is 0.0923. The largest absolute Gasteiger partial charge is 0.485 e. The number of anilines is 1. The van der Waals surface area contributed by atoms with Crippen LogP contribution in [0.5, 0.6) is 5.75 Å². The smallest absolute Gasteiger partial charge is 0.267 e. The normalized spacial score (nSPS) is 13.0. The van der Waals surface area contributed by atoms with E-state index in [0.29, 0.717) is 22.4 Å². The lowest BCUT2D eigenvalue weighted by atomic mass is 10.1. The fraction of sp³-hybridized carbons (Fsp3) is 0.0800. The van der Waals surface area contributed by atoms with Crippen molar-refractivity contribution in [2.75, 3.05) is 4.90 Å². The van der Waals surface area contributed by atoms with E-state index in [1.807, 2.05) is 55.5 Å². The van der Waals surface area contributed by atoms with E-state index < -0.39 is 11.8 Å². The third-order valence-corrected chi connectivity index (χ3v) is 5.74. The first-order valence-corrected chi connectivity index (χ1v) is 10.6. The van der Waals surface area contributed by atoms with Crippen molar-refractivity contribution in [2.45, 2.75) is 13.5 Å². The topological polar surface area (TPSA) is 59.5 Å². The Balaban J connectivity index is 1.60. The van der Waals surface area contributed by atoms with E-state index in [1.54, 1.807) is 24.3 Å². The molecule has 0 saturated carbocycles. The number of carbonyl (C=O) groups is 2. The van der Waals surface area contributed by atoms with E-state index in [-0.39, 0.29) is 12.4 Å². The molecular formula is C25H17BrN2O3. The van der Waals surface area contributed by atoms with Crippen molar-refractivity contribution in [1.82, 2.24) is 4.98 Å². The summed E-state index contributed by atoms with van der Waals surface area (Å²) in [6, 6.07) is 22.2. The number of benzene rings is 3. The summed E-state index contributed by atoms with van der Waals surface area (Å²) in [7, 11) is 0. The fourth-order valence-electron chi connectivity index (χ4n) is 3.61. The molecule has 152 valence electrons. The van der Waals surface area contributed by atoms with E-state index in [4.69, 9.17) is 4.74 Å². The molecule has 1 aliphatic rings. The zero-order chi connectivity index (χ0) is 21.5. The molecule has 0 aliphatic carbocycles. The number of aromatic nitrogens is 1. The number of hydrogen-bond acceptors (Lipinski definition) is 4. The van der Waals surface area contributed by atoms with Gasteiger partial charge in [-0.05, 0) is 48.9 Å². The molecule has 3 aromatic carbocycles. The first-order chi connectivity index (χ1) is 15.0. The number of pyridine rings is 1. The van der Waals surface area contributed by atoms with Crippen LogP contribution in [0.4, 0.5) is 5.82 Å². The monoisotopic (exact) mass is 472 g/mol. The number of hydrogen-bond donors (Lipinski definition) is 0. The number of amides is 2. The van der Waals surface area contributed by atoms with Crippen molar-refractivity contribution < 1.29 is 14.3 Å². The standard InChI is InChI=1S/C25H17BrN2O3/c1-15-6-8-16(9-7-15)14-31-22-13-17-12-18(26)10-11-21(17)27-23(22)28-24(29)19-4-2-3-5-20(19)25(28)30/h2-13H,14H2,1H3. The van der Waals surface area contributed by atoms with Gasteiger partial charge < -0.3 is 4.74 Å². The summed E-state index contributed by atoms with van der Waals surface area (Å²) in [6.45, 7) is 2.31. The average molecular weight is 473 g/mol. The molecule has 4 aromatic rings. The summed E-state index contributed by atoms with van der Waals surface area (Å²) in [5, 5.41) is 0.841. The maximum Gasteiger partial charge on any atom is 0.267 e. The van der Waals surface area contributed by atoms with Gasteiger partial charge in [0, 0.05) is 9.86 Å². The van der Waals surface area contributed by atoms with Crippen LogP contribution in [0, 0.1) is 6.92 Å². The molecular weight excluding hydrogens is 456 g/mol. The molecule has 0 bridgehead atoms. The number of fused-ring (bicyclic) bond motifs is 2. The van der Waals surface area contributed by atoms with Gasteiger partial charge in [0.15, 0.2) is 11.6 Å². The highest BCUT2D eigenvalue weighted by atomic mass is 79.9. The van der Waals surface area contributed by atoms with Crippen molar-refractivity contribution >= 4 is 44.5 Å². The zero-order valence-corrected chi connectivity index (χ0v) is 18.2. The van der Waals surface area contributed by atoms with Gasteiger partial charge in [0.2, 0.25) is 0 Å². The lowest BCUT2D eigenvalue weighted by Gasteiger charge is -2.18. The van der Waals surface area contributed by atoms with Crippen LogP contribution in [-0.4, -0.2) is 16.8 Å². The Hall–Kier alpha value is -3.51. The number of imide groups is 1. The van der Waals surface area contributed by atoms with Crippen LogP contribution in [-0.2, 0) is 6.61 Å². The van der Waals surface area contributed by atoms with Crippen LogP contribution in [0.25, 0.3) is 10.9 Å². The van der Waals surface area contributed by atoms with Crippen molar-refractivity contribution in [3.8, 4) is 5.75 Å². The van der Waals surface area contributed by atoms with Crippen molar-refractivity contribution in [1.29, 1.82) is 0 Å². The summed E-state index contributed by atoms with van der Waals surface area (Å²) >= 11 is 3.48. The van der Waals surface area contributed by atoms with Crippen molar-refractivity contribution in [2.24, 2.45) is 0 Å². The van der Waals surface area contributed by atoms with Gasteiger partial charge in [0.05, 0.1) is 16.6 Å². The summed E-state index contributed by atoms with van der Waals surface area (Å²) in [6.07, 6.45) is 0. The van der Waals surface area contributed by atoms with E-state index >= 15 is 0 Å². The maximum absolute atomic E-state index is 13.1. The van der Waals surface area contributed by atoms with Gasteiger partial charge in [-0.15, -0.1) is 0 Å². The molecule has 0 saturated heterocycles. The summed E-state index contributed by atoms with van der Waals surface area (Å²) < 4.78 is 7.00. The second-order valence-corrected chi connectivity index (χ2v) is 8.33. The Labute approximate surface area is 187 Å². The lowest BCUT2D eigenvalue weighted by Crippen LogP contribution is -2.30. The van der Waals surface area contributed by atoms with Gasteiger partial charge in [-0.25, -0.2) is 9.88 Å². The first kappa shape index (κ1) is 19.5. The summed E-state index contributed by atoms with van der Waals surface area (Å²) in [5.41, 5.74) is 3.54. The average Bonchev–Trinajstić information content (AvgIpc) is 3.03. The number of ether oxygens (including phenoxy) is 1. The van der Waals surface area contributed by atoms with E-state index in [0.717, 1.165) is 25.9 Å². The molecule has 5 nitrogen and oxygen atoms in total. The minimum Gasteiger partial charge on any atom is -0.485 e. The van der Waals surface area contributed by atoms with Crippen LogP contribution >= 0.6 is 15.9 Å². The summed E-state index contributed by atoms with van der Waals surface area (Å²) in [5.74, 6) is -0.219. The molecule has 0 unspecified atom stereocenters. The van der Waals surface area contributed by atoms with Gasteiger partial charge in [-0.2, -0.15) is 0 Å². The third kappa shape index (κ3) is 3.49. The second kappa shape index (κ2) is 7.63. The van der Waals surface area contributed by atoms with E-state index in [9.17, 15) is 9.59 Å². The maximum atomic E-state index is 13.1. The Morgan fingerprint density at radius 1 is 0.903 bits per heavy atom. The highest BCUT2D eigenvalue weighted by Crippen LogP contribution is 2.36. The molecule has 1 aliphatic heterocycles. The molecule has 6 heteroatoms. The Morgan fingerprint density at radius 3 is 2.26 bits per heavy atom. The fourth-order valence-corrected chi connectivity index (χ4v) is 3.99. The number of carbonyl (C=O) groups excluding carboxylic acids is 2. The van der Waals surface area contributed by atoms with Crippen LogP contribution < -0.4 is 9.64 Å². The van der Waals surface area contributed by atoms with Crippen LogP contribution in [0.2, 0.25) is 0 Å². The zero-order valence-electron chi connectivity index (χ0n) is 16.6. The van der Waals surface area contributed by atoms with Crippen molar-refractivity contribution in [3.05, 3.63) is 99.5 Å². The molecule has 1 aromatic heterocycles. The van der Waals surface area contributed by atoms with Gasteiger partial charge >= 0.3 is 0 Å². The van der Waals surface area contributed by atoms with Crippen LogP contribution in [0.1, 0.15) is 31.8 Å². The van der Waals surface area contributed by atoms with Gasteiger partial charge in [-0.3, -0.25) is 9.59 Å². The van der Waals surface area contributed by atoms with Crippen LogP contribution in [0.3, 0.4) is 0 Å². The number of aryl methyl sites for hydroxylation is 1. The van der Waals surface area contributed by atoms with E-state index in [1.165, 1.54) is 0 Å². The number of rotatable bonds is 4. The van der Waals surface area contributed by atoms with Gasteiger partial charge in [0.25, 0.3) is 11.8 Å². The van der Waals surface area contributed by atoms with Crippen molar-refractivity contribution in [3.63, 3.8) is 0 Å². The second-order valence-electron chi connectivity index (χ2n) is 7.41. The molecule has 0 spiro atoms. The molecule has 2 amide bonds. The Bertz CT molecular complexity index is 1310. The van der Waals surface area contributed by atoms with Gasteiger partial charge in [-0.1, -0.05) is 57.9 Å². The van der Waals surface area contributed by atoms with Crippen LogP contribution in [0.15, 0.2) is 77.3 Å². The predicted molar refractivity (Wildman–Crippen MR) is 123 cm³/mol. The predicted octanol–water partition coefficient (Wildman–Crippen LogP) is 5.69. The minimum absolute atomic E-state index is 0.202. The number of nitrogens with zero attached hydrogens (tertiary/aromatic N) is 2. The highest BCUT2D eigenvalue weighted by Gasteiger charge is 2.39. The Kier molecular flexibility index (Phi) is 4.79. The third-order valence-electron chi connectivity index (χ3n) is 5.24. The first-order valence-electron chi connectivity index (χ1n) is 9.78. The molecule has 0 radical (unpaired) electrons. The molecule has 5 rings (SSSR count). The summed E-state index contributed by atoms with van der Waals surface area (Å²) in [4.78, 5) is 31.9. The van der Waals surface area contributed by atoms with Gasteiger partial charge in [0.1, 0.15) is 6.61 Å². The SMILES string of the molecule is Cc1ccc(COc2cc3cc(Br)ccc3nc2N2C(=O)c3ccccc3C2=O)cc1. The molecule has 0 atom stereocenters.